The summed E-state index contributed by atoms with van der Waals surface area (Å²) in [6, 6.07) is 0. The summed E-state index contributed by atoms with van der Waals surface area (Å²) in [4.78, 5) is 15.5. The molecule has 0 N–H and O–H groups in total. The van der Waals surface area contributed by atoms with Gasteiger partial charge in [0.15, 0.2) is 0 Å². The van der Waals surface area contributed by atoms with Gasteiger partial charge >= 0.3 is 5.97 Å². The Balaban J connectivity index is 2.32. The van der Waals surface area contributed by atoms with Crippen molar-refractivity contribution < 1.29 is 9.53 Å². The van der Waals surface area contributed by atoms with Crippen LogP contribution in [0.3, 0.4) is 0 Å². The second-order valence-corrected chi connectivity index (χ2v) is 5.20. The van der Waals surface area contributed by atoms with Gasteiger partial charge in [0, 0.05) is 11.8 Å². The molecule has 1 rings (SSSR count). The van der Waals surface area contributed by atoms with Crippen LogP contribution in [0.1, 0.15) is 37.4 Å². The van der Waals surface area contributed by atoms with Crippen LogP contribution < -0.4 is 0 Å². The number of hydrogen-bond donors (Lipinski definition) is 0. The van der Waals surface area contributed by atoms with Crippen molar-refractivity contribution in [3.8, 4) is 0 Å². The Bertz CT molecular complexity index is 334. The van der Waals surface area contributed by atoms with Gasteiger partial charge in [0.25, 0.3) is 0 Å². The Kier molecular flexibility index (Phi) is 5.46. The maximum absolute atomic E-state index is 10.9. The number of aryl methyl sites for hydroxylation is 1. The van der Waals surface area contributed by atoms with E-state index in [9.17, 15) is 4.79 Å². The van der Waals surface area contributed by atoms with Gasteiger partial charge in [-0.25, -0.2) is 4.98 Å². The van der Waals surface area contributed by atoms with Crippen molar-refractivity contribution in [2.24, 2.45) is 5.92 Å². The van der Waals surface area contributed by atoms with Crippen molar-refractivity contribution in [2.45, 2.75) is 39.5 Å². The first kappa shape index (κ1) is 13.2. The molecule has 0 bridgehead atoms. The molecule has 90 valence electrons. The van der Waals surface area contributed by atoms with E-state index in [1.807, 2.05) is 0 Å². The number of carbonyl (C=O) groups is 1. The number of carbonyl (C=O) groups excluding carboxylic acids is 1. The smallest absolute Gasteiger partial charge is 0.305 e. The summed E-state index contributed by atoms with van der Waals surface area (Å²) in [5, 5.41) is 3.24. The van der Waals surface area contributed by atoms with Crippen molar-refractivity contribution >= 4 is 17.3 Å². The third-order valence-corrected chi connectivity index (χ3v) is 3.17. The Labute approximate surface area is 101 Å². The second-order valence-electron chi connectivity index (χ2n) is 4.26. The average Bonchev–Trinajstić information content (AvgIpc) is 2.64. The molecule has 1 heterocycles. The summed E-state index contributed by atoms with van der Waals surface area (Å²) < 4.78 is 4.59. The minimum Gasteiger partial charge on any atom is -0.469 e. The highest BCUT2D eigenvalue weighted by Crippen LogP contribution is 2.15. The lowest BCUT2D eigenvalue weighted by Crippen LogP contribution is -2.00. The van der Waals surface area contributed by atoms with Gasteiger partial charge in [-0.2, -0.15) is 0 Å². The van der Waals surface area contributed by atoms with Crippen molar-refractivity contribution in [1.82, 2.24) is 4.98 Å². The number of hydrogen-bond acceptors (Lipinski definition) is 4. The number of esters is 1. The van der Waals surface area contributed by atoms with Gasteiger partial charge in [-0.3, -0.25) is 4.79 Å². The molecule has 0 aliphatic rings. The molecular formula is C12H19NO2S. The first-order valence-electron chi connectivity index (χ1n) is 5.62. The lowest BCUT2D eigenvalue weighted by atomic mass is 10.1. The van der Waals surface area contributed by atoms with Gasteiger partial charge in [-0.1, -0.05) is 13.8 Å². The lowest BCUT2D eigenvalue weighted by molar-refractivity contribution is -0.140. The van der Waals surface area contributed by atoms with Crippen molar-refractivity contribution in [3.63, 3.8) is 0 Å². The molecule has 0 aliphatic heterocycles. The van der Waals surface area contributed by atoms with E-state index in [4.69, 9.17) is 0 Å². The minimum atomic E-state index is -0.140. The van der Waals surface area contributed by atoms with E-state index < -0.39 is 0 Å². The fraction of sp³-hybridized carbons (Fsp3) is 0.667. The molecule has 0 spiro atoms. The average molecular weight is 241 g/mol. The van der Waals surface area contributed by atoms with Crippen LogP contribution in [-0.2, 0) is 22.4 Å². The number of methoxy groups -OCH3 is 1. The maximum atomic E-state index is 10.9. The number of thiazole rings is 1. The third-order valence-electron chi connectivity index (χ3n) is 2.22. The third kappa shape index (κ3) is 4.75. The summed E-state index contributed by atoms with van der Waals surface area (Å²) in [6.07, 6.45) is 3.21. The van der Waals surface area contributed by atoms with E-state index in [2.05, 4.69) is 28.9 Å². The molecule has 16 heavy (non-hydrogen) atoms. The van der Waals surface area contributed by atoms with E-state index >= 15 is 0 Å². The maximum Gasteiger partial charge on any atom is 0.305 e. The van der Waals surface area contributed by atoms with E-state index in [0.29, 0.717) is 12.3 Å². The topological polar surface area (TPSA) is 39.2 Å². The number of nitrogens with zero attached hydrogens (tertiary/aromatic N) is 1. The molecule has 0 atom stereocenters. The Morgan fingerprint density at radius 1 is 1.56 bits per heavy atom. The molecular weight excluding hydrogens is 222 g/mol. The second kappa shape index (κ2) is 6.63. The molecule has 0 saturated heterocycles. The van der Waals surface area contributed by atoms with Gasteiger partial charge in [-0.15, -0.1) is 11.3 Å². The SMILES string of the molecule is COC(=O)CCCc1nc(CC(C)C)cs1. The monoisotopic (exact) mass is 241 g/mol. The standard InChI is InChI=1S/C12H19NO2S/c1-9(2)7-10-8-16-11(13-10)5-4-6-12(14)15-3/h8-9H,4-7H2,1-3H3. The lowest BCUT2D eigenvalue weighted by Gasteiger charge is -1.99. The minimum absolute atomic E-state index is 0.140. The number of ether oxygens (including phenoxy) is 1. The molecule has 4 heteroatoms. The van der Waals surface area contributed by atoms with Crippen molar-refractivity contribution in [3.05, 3.63) is 16.1 Å². The van der Waals surface area contributed by atoms with Gasteiger partial charge < -0.3 is 4.74 Å². The van der Waals surface area contributed by atoms with E-state index in [1.165, 1.54) is 12.8 Å². The van der Waals surface area contributed by atoms with Crippen LogP contribution in [0.25, 0.3) is 0 Å². The molecule has 0 aliphatic carbocycles. The zero-order valence-electron chi connectivity index (χ0n) is 10.2. The van der Waals surface area contributed by atoms with Gasteiger partial charge in [0.05, 0.1) is 17.8 Å². The van der Waals surface area contributed by atoms with Crippen LogP contribution in [0.5, 0.6) is 0 Å². The fourth-order valence-electron chi connectivity index (χ4n) is 1.46. The van der Waals surface area contributed by atoms with Crippen LogP contribution in [-0.4, -0.2) is 18.1 Å². The highest BCUT2D eigenvalue weighted by atomic mass is 32.1. The van der Waals surface area contributed by atoms with Crippen molar-refractivity contribution in [1.29, 1.82) is 0 Å². The van der Waals surface area contributed by atoms with Crippen LogP contribution in [0.15, 0.2) is 5.38 Å². The first-order valence-corrected chi connectivity index (χ1v) is 6.50. The van der Waals surface area contributed by atoms with Crippen LogP contribution in [0, 0.1) is 5.92 Å². The highest BCUT2D eigenvalue weighted by Gasteiger charge is 2.05. The van der Waals surface area contributed by atoms with Gasteiger partial charge in [-0.05, 0) is 25.2 Å². The summed E-state index contributed by atoms with van der Waals surface area (Å²) in [5.41, 5.74) is 1.17. The first-order chi connectivity index (χ1) is 7.61. The Morgan fingerprint density at radius 2 is 2.31 bits per heavy atom. The van der Waals surface area contributed by atoms with Gasteiger partial charge in [0.1, 0.15) is 0 Å². The predicted molar refractivity (Wildman–Crippen MR) is 65.6 cm³/mol. The molecule has 0 aromatic carbocycles. The van der Waals surface area contributed by atoms with Crippen LogP contribution >= 0.6 is 11.3 Å². The molecule has 3 nitrogen and oxygen atoms in total. The highest BCUT2D eigenvalue weighted by molar-refractivity contribution is 7.09. The van der Waals surface area contributed by atoms with Crippen LogP contribution in [0.2, 0.25) is 0 Å². The molecule has 0 amide bonds. The molecule has 1 aromatic heterocycles. The molecule has 0 fully saturated rings. The summed E-state index contributed by atoms with van der Waals surface area (Å²) in [7, 11) is 1.42. The molecule has 0 radical (unpaired) electrons. The Morgan fingerprint density at radius 3 is 2.94 bits per heavy atom. The van der Waals surface area contributed by atoms with Crippen molar-refractivity contribution in [2.75, 3.05) is 7.11 Å². The molecule has 0 saturated carbocycles. The zero-order chi connectivity index (χ0) is 12.0. The van der Waals surface area contributed by atoms with Gasteiger partial charge in [0.2, 0.25) is 0 Å². The largest absolute Gasteiger partial charge is 0.469 e. The molecule has 1 aromatic rings. The Hall–Kier alpha value is -0.900. The molecule has 0 unspecified atom stereocenters. The van der Waals surface area contributed by atoms with Crippen LogP contribution in [0.4, 0.5) is 0 Å². The fourth-order valence-corrected chi connectivity index (χ4v) is 2.31. The predicted octanol–water partition coefficient (Wildman–Crippen LogP) is 2.84. The summed E-state index contributed by atoms with van der Waals surface area (Å²) in [5.74, 6) is 0.504. The van der Waals surface area contributed by atoms with E-state index in [0.717, 1.165) is 24.3 Å². The summed E-state index contributed by atoms with van der Waals surface area (Å²) in [6.45, 7) is 4.38. The van der Waals surface area contributed by atoms with E-state index in [-0.39, 0.29) is 5.97 Å². The van der Waals surface area contributed by atoms with E-state index in [1.54, 1.807) is 11.3 Å². The quantitative estimate of drug-likeness (QED) is 0.719. The number of rotatable bonds is 6. The normalized spacial score (nSPS) is 10.8. The summed E-state index contributed by atoms with van der Waals surface area (Å²) >= 11 is 1.69. The number of aromatic nitrogens is 1. The zero-order valence-corrected chi connectivity index (χ0v) is 11.0.